The number of nitrogens with one attached hydrogen (secondary N) is 2. The Hall–Kier alpha value is -0.680. The van der Waals surface area contributed by atoms with Gasteiger partial charge in [0.1, 0.15) is 0 Å². The second kappa shape index (κ2) is 8.61. The van der Waals surface area contributed by atoms with Crippen LogP contribution < -0.4 is 9.44 Å². The van der Waals surface area contributed by atoms with Crippen molar-refractivity contribution < 1.29 is 13.2 Å². The van der Waals surface area contributed by atoms with E-state index in [1.165, 1.54) is 7.11 Å². The molecule has 2 N–H and O–H groups in total. The zero-order chi connectivity index (χ0) is 11.6. The van der Waals surface area contributed by atoms with Crippen LogP contribution in [0.2, 0.25) is 0 Å². The number of methoxy groups -OCH3 is 1. The topological polar surface area (TPSA) is 91.2 Å². The first-order chi connectivity index (χ1) is 7.12. The van der Waals surface area contributed by atoms with E-state index in [2.05, 4.69) is 9.44 Å². The molecule has 0 unspecified atom stereocenters. The van der Waals surface area contributed by atoms with Crippen molar-refractivity contribution in [1.29, 1.82) is 5.26 Å². The number of nitriles is 1. The van der Waals surface area contributed by atoms with Crippen molar-refractivity contribution >= 4 is 10.2 Å². The van der Waals surface area contributed by atoms with Crippen molar-refractivity contribution in [1.82, 2.24) is 9.44 Å². The maximum absolute atomic E-state index is 11.2. The van der Waals surface area contributed by atoms with E-state index in [4.69, 9.17) is 10.00 Å². The highest BCUT2D eigenvalue weighted by Crippen LogP contribution is 1.91. The Morgan fingerprint density at radius 2 is 1.93 bits per heavy atom. The Balaban J connectivity index is 3.53. The second-order valence-electron chi connectivity index (χ2n) is 2.90. The predicted octanol–water partition coefficient (Wildman–Crippen LogP) is -0.249. The molecule has 0 aromatic rings. The summed E-state index contributed by atoms with van der Waals surface area (Å²) in [6, 6.07) is 2.00. The molecule has 0 rings (SSSR count). The van der Waals surface area contributed by atoms with Gasteiger partial charge in [-0.3, -0.25) is 0 Å². The highest BCUT2D eigenvalue weighted by Gasteiger charge is 2.06. The van der Waals surface area contributed by atoms with Gasteiger partial charge in [0.2, 0.25) is 0 Å². The molecular formula is C8H17N3O3S. The first-order valence-corrected chi connectivity index (χ1v) is 6.21. The Morgan fingerprint density at radius 3 is 2.53 bits per heavy atom. The standard InChI is InChI=1S/C8H17N3O3S/c1-14-8-7-11-15(12,13)10-6-4-2-3-5-9/h10-11H,2-4,6-8H2,1H3. The van der Waals surface area contributed by atoms with Gasteiger partial charge in [-0.25, -0.2) is 4.72 Å². The molecule has 0 aliphatic rings. The highest BCUT2D eigenvalue weighted by molar-refractivity contribution is 7.87. The molecule has 0 saturated heterocycles. The van der Waals surface area contributed by atoms with Gasteiger partial charge in [0, 0.05) is 26.6 Å². The van der Waals surface area contributed by atoms with Crippen LogP contribution in [0, 0.1) is 11.3 Å². The molecule has 15 heavy (non-hydrogen) atoms. The molecule has 0 amide bonds. The summed E-state index contributed by atoms with van der Waals surface area (Å²) in [7, 11) is -1.90. The Bertz CT molecular complexity index is 284. The van der Waals surface area contributed by atoms with Crippen LogP contribution in [-0.4, -0.2) is 35.2 Å². The summed E-state index contributed by atoms with van der Waals surface area (Å²) in [5, 5.41) is 8.25. The fraction of sp³-hybridized carbons (Fsp3) is 0.875. The number of unbranched alkanes of at least 4 members (excludes halogenated alkanes) is 2. The van der Waals surface area contributed by atoms with Gasteiger partial charge in [0.25, 0.3) is 10.2 Å². The fourth-order valence-electron chi connectivity index (χ4n) is 0.865. The van der Waals surface area contributed by atoms with Crippen LogP contribution in [0.5, 0.6) is 0 Å². The summed E-state index contributed by atoms with van der Waals surface area (Å²) in [5.74, 6) is 0. The predicted molar refractivity (Wildman–Crippen MR) is 56.3 cm³/mol. The lowest BCUT2D eigenvalue weighted by molar-refractivity contribution is 0.204. The smallest absolute Gasteiger partial charge is 0.276 e. The largest absolute Gasteiger partial charge is 0.383 e. The quantitative estimate of drug-likeness (QED) is 0.539. The number of ether oxygens (including phenoxy) is 1. The van der Waals surface area contributed by atoms with E-state index >= 15 is 0 Å². The Kier molecular flexibility index (Phi) is 8.22. The van der Waals surface area contributed by atoms with Gasteiger partial charge in [-0.15, -0.1) is 0 Å². The van der Waals surface area contributed by atoms with E-state index in [0.717, 1.165) is 0 Å². The molecule has 0 atom stereocenters. The summed E-state index contributed by atoms with van der Waals surface area (Å²) in [6.45, 7) is 0.948. The third kappa shape index (κ3) is 9.62. The molecule has 88 valence electrons. The second-order valence-corrected chi connectivity index (χ2v) is 4.48. The van der Waals surface area contributed by atoms with Crippen molar-refractivity contribution in [2.45, 2.75) is 19.3 Å². The number of hydrogen-bond acceptors (Lipinski definition) is 4. The molecule has 0 bridgehead atoms. The van der Waals surface area contributed by atoms with Gasteiger partial charge in [0.15, 0.2) is 0 Å². The Labute approximate surface area is 90.8 Å². The van der Waals surface area contributed by atoms with Crippen LogP contribution in [0.25, 0.3) is 0 Å². The molecule has 0 heterocycles. The van der Waals surface area contributed by atoms with Crippen molar-refractivity contribution in [3.8, 4) is 6.07 Å². The fourth-order valence-corrected chi connectivity index (χ4v) is 1.73. The minimum absolute atomic E-state index is 0.254. The summed E-state index contributed by atoms with van der Waals surface area (Å²) < 4.78 is 31.8. The zero-order valence-electron chi connectivity index (χ0n) is 8.82. The summed E-state index contributed by atoms with van der Waals surface area (Å²) >= 11 is 0. The van der Waals surface area contributed by atoms with E-state index < -0.39 is 10.2 Å². The molecular weight excluding hydrogens is 218 g/mol. The van der Waals surface area contributed by atoms with Crippen LogP contribution in [0.3, 0.4) is 0 Å². The minimum atomic E-state index is -3.40. The highest BCUT2D eigenvalue weighted by atomic mass is 32.2. The molecule has 0 aliphatic heterocycles. The average molecular weight is 235 g/mol. The van der Waals surface area contributed by atoms with Crippen LogP contribution in [0.1, 0.15) is 19.3 Å². The molecule has 0 aromatic carbocycles. The van der Waals surface area contributed by atoms with Gasteiger partial charge >= 0.3 is 0 Å². The maximum Gasteiger partial charge on any atom is 0.276 e. The summed E-state index contributed by atoms with van der Waals surface area (Å²) in [6.07, 6.45) is 1.83. The van der Waals surface area contributed by atoms with E-state index in [1.54, 1.807) is 0 Å². The van der Waals surface area contributed by atoms with Crippen molar-refractivity contribution in [2.24, 2.45) is 0 Å². The minimum Gasteiger partial charge on any atom is -0.383 e. The van der Waals surface area contributed by atoms with Crippen LogP contribution in [0.4, 0.5) is 0 Å². The Morgan fingerprint density at radius 1 is 1.27 bits per heavy atom. The van der Waals surface area contributed by atoms with Crippen molar-refractivity contribution in [2.75, 3.05) is 26.8 Å². The molecule has 6 nitrogen and oxygen atoms in total. The van der Waals surface area contributed by atoms with Gasteiger partial charge in [-0.2, -0.15) is 18.4 Å². The van der Waals surface area contributed by atoms with Gasteiger partial charge in [-0.05, 0) is 12.8 Å². The van der Waals surface area contributed by atoms with Gasteiger partial charge < -0.3 is 4.74 Å². The van der Waals surface area contributed by atoms with Crippen LogP contribution in [-0.2, 0) is 14.9 Å². The zero-order valence-corrected chi connectivity index (χ0v) is 9.64. The van der Waals surface area contributed by atoms with Crippen LogP contribution >= 0.6 is 0 Å². The van der Waals surface area contributed by atoms with Crippen LogP contribution in [0.15, 0.2) is 0 Å². The summed E-state index contributed by atoms with van der Waals surface area (Å²) in [4.78, 5) is 0. The van der Waals surface area contributed by atoms with Gasteiger partial charge in [-0.1, -0.05) is 0 Å². The monoisotopic (exact) mass is 235 g/mol. The third-order valence-electron chi connectivity index (χ3n) is 1.61. The SMILES string of the molecule is COCCNS(=O)(=O)NCCCCC#N. The normalized spacial score (nSPS) is 11.2. The molecule has 0 aliphatic carbocycles. The molecule has 0 spiro atoms. The lowest BCUT2D eigenvalue weighted by Crippen LogP contribution is -2.38. The lowest BCUT2D eigenvalue weighted by Gasteiger charge is -2.06. The molecule has 0 radical (unpaired) electrons. The maximum atomic E-state index is 11.2. The number of rotatable bonds is 9. The third-order valence-corrected chi connectivity index (χ3v) is 2.77. The van der Waals surface area contributed by atoms with Gasteiger partial charge in [0.05, 0.1) is 12.7 Å². The molecule has 0 aromatic heterocycles. The van der Waals surface area contributed by atoms with Crippen molar-refractivity contribution in [3.63, 3.8) is 0 Å². The van der Waals surface area contributed by atoms with E-state index in [0.29, 0.717) is 32.4 Å². The molecule has 0 saturated carbocycles. The molecule has 0 fully saturated rings. The lowest BCUT2D eigenvalue weighted by atomic mass is 10.2. The number of hydrogen-bond donors (Lipinski definition) is 2. The average Bonchev–Trinajstić information content (AvgIpc) is 2.17. The van der Waals surface area contributed by atoms with E-state index in [1.807, 2.05) is 6.07 Å². The summed E-state index contributed by atoms with van der Waals surface area (Å²) in [5.41, 5.74) is 0. The van der Waals surface area contributed by atoms with E-state index in [9.17, 15) is 8.42 Å². The van der Waals surface area contributed by atoms with E-state index in [-0.39, 0.29) is 6.54 Å². The number of nitrogens with zero attached hydrogens (tertiary/aromatic N) is 1. The first-order valence-electron chi connectivity index (χ1n) is 4.72. The first kappa shape index (κ1) is 14.3. The van der Waals surface area contributed by atoms with Crippen molar-refractivity contribution in [3.05, 3.63) is 0 Å². The molecule has 7 heteroatoms.